The van der Waals surface area contributed by atoms with Crippen molar-refractivity contribution < 1.29 is 9.53 Å². The van der Waals surface area contributed by atoms with Gasteiger partial charge in [-0.15, -0.1) is 0 Å². The van der Waals surface area contributed by atoms with E-state index in [0.717, 1.165) is 5.56 Å². The van der Waals surface area contributed by atoms with Gasteiger partial charge in [0.1, 0.15) is 12.4 Å². The number of rotatable bonds is 4. The Hall–Kier alpha value is -2.88. The lowest BCUT2D eigenvalue weighted by Gasteiger charge is -2.11. The lowest BCUT2D eigenvalue weighted by molar-refractivity contribution is 0.101. The fraction of sp³-hybridized carbons (Fsp3) is 0.158. The number of pyridine rings is 1. The topological polar surface area (TPSA) is 59.2 Å². The first kappa shape index (κ1) is 16.5. The Bertz CT molecular complexity index is 882. The number of ketones is 1. The van der Waals surface area contributed by atoms with Crippen molar-refractivity contribution in [3.8, 4) is 5.75 Å². The standard InChI is InChI=1S/C18H15NO3.CH4/c1-12(20)14-7-9-16(18-15(14)8-10-17(21)19-18)22-11-13-5-3-2-4-6-13;/h2-10H,11H2,1H3,(H,19,21);1H4. The molecule has 0 aliphatic carbocycles. The fourth-order valence-electron chi connectivity index (χ4n) is 2.39. The number of H-pyrrole nitrogens is 1. The maximum atomic E-state index is 11.7. The number of aromatic nitrogens is 1. The molecule has 1 aromatic heterocycles. The zero-order valence-corrected chi connectivity index (χ0v) is 12.1. The van der Waals surface area contributed by atoms with E-state index in [-0.39, 0.29) is 18.8 Å². The number of hydrogen-bond donors (Lipinski definition) is 1. The Balaban J connectivity index is 0.00000192. The van der Waals surface area contributed by atoms with Crippen LogP contribution in [0.1, 0.15) is 30.3 Å². The number of aromatic amines is 1. The quantitative estimate of drug-likeness (QED) is 0.742. The van der Waals surface area contributed by atoms with Crippen LogP contribution >= 0.6 is 0 Å². The molecule has 0 radical (unpaired) electrons. The molecule has 118 valence electrons. The smallest absolute Gasteiger partial charge is 0.248 e. The Labute approximate surface area is 134 Å². The van der Waals surface area contributed by atoms with Crippen molar-refractivity contribution in [3.63, 3.8) is 0 Å². The van der Waals surface area contributed by atoms with Crippen molar-refractivity contribution >= 4 is 16.7 Å². The average Bonchev–Trinajstić information content (AvgIpc) is 2.53. The largest absolute Gasteiger partial charge is 0.487 e. The normalized spacial score (nSPS) is 10.1. The van der Waals surface area contributed by atoms with Crippen LogP contribution in [0, 0.1) is 0 Å². The van der Waals surface area contributed by atoms with Gasteiger partial charge < -0.3 is 9.72 Å². The molecule has 0 amide bonds. The van der Waals surface area contributed by atoms with E-state index in [1.165, 1.54) is 13.0 Å². The Morgan fingerprint density at radius 1 is 1.04 bits per heavy atom. The third-order valence-corrected chi connectivity index (χ3v) is 3.47. The molecule has 0 unspecified atom stereocenters. The van der Waals surface area contributed by atoms with Crippen molar-refractivity contribution in [1.29, 1.82) is 0 Å². The first-order valence-corrected chi connectivity index (χ1v) is 6.99. The van der Waals surface area contributed by atoms with E-state index in [9.17, 15) is 9.59 Å². The lowest BCUT2D eigenvalue weighted by Crippen LogP contribution is -2.07. The van der Waals surface area contributed by atoms with Crippen LogP contribution in [0.3, 0.4) is 0 Å². The molecule has 4 nitrogen and oxygen atoms in total. The van der Waals surface area contributed by atoms with Crippen molar-refractivity contribution in [2.45, 2.75) is 21.0 Å². The molecule has 1 N–H and O–H groups in total. The van der Waals surface area contributed by atoms with E-state index in [2.05, 4.69) is 4.98 Å². The van der Waals surface area contributed by atoms with Crippen molar-refractivity contribution in [2.24, 2.45) is 0 Å². The predicted octanol–water partition coefficient (Wildman–Crippen LogP) is 3.95. The predicted molar refractivity (Wildman–Crippen MR) is 92.1 cm³/mol. The van der Waals surface area contributed by atoms with Gasteiger partial charge in [0, 0.05) is 17.0 Å². The summed E-state index contributed by atoms with van der Waals surface area (Å²) in [6.07, 6.45) is 0. The summed E-state index contributed by atoms with van der Waals surface area (Å²) in [5.41, 5.74) is 1.93. The molecule has 3 aromatic rings. The highest BCUT2D eigenvalue weighted by molar-refractivity contribution is 6.07. The molecule has 0 bridgehead atoms. The summed E-state index contributed by atoms with van der Waals surface area (Å²) in [5.74, 6) is 0.508. The first-order valence-electron chi connectivity index (χ1n) is 6.99. The minimum absolute atomic E-state index is 0. The fourth-order valence-corrected chi connectivity index (χ4v) is 2.39. The maximum absolute atomic E-state index is 11.7. The number of benzene rings is 2. The van der Waals surface area contributed by atoms with E-state index in [4.69, 9.17) is 4.74 Å². The molecule has 0 aliphatic heterocycles. The van der Waals surface area contributed by atoms with E-state index in [0.29, 0.717) is 28.8 Å². The van der Waals surface area contributed by atoms with Gasteiger partial charge in [0.15, 0.2) is 5.78 Å². The summed E-state index contributed by atoms with van der Waals surface area (Å²) < 4.78 is 5.81. The molecule has 0 saturated heterocycles. The Morgan fingerprint density at radius 2 is 1.78 bits per heavy atom. The molecule has 0 aliphatic rings. The molecule has 1 heterocycles. The second kappa shape index (κ2) is 6.92. The first-order chi connectivity index (χ1) is 10.6. The number of carbonyl (C=O) groups is 1. The van der Waals surface area contributed by atoms with Crippen molar-refractivity contribution in [2.75, 3.05) is 0 Å². The Kier molecular flexibility index (Phi) is 4.96. The van der Waals surface area contributed by atoms with Crippen molar-refractivity contribution in [1.82, 2.24) is 4.98 Å². The van der Waals surface area contributed by atoms with E-state index in [1.54, 1.807) is 18.2 Å². The Morgan fingerprint density at radius 3 is 2.48 bits per heavy atom. The van der Waals surface area contributed by atoms with Gasteiger partial charge in [-0.05, 0) is 30.7 Å². The van der Waals surface area contributed by atoms with Crippen LogP contribution in [0.25, 0.3) is 10.9 Å². The van der Waals surface area contributed by atoms with Crippen LogP contribution in [0.4, 0.5) is 0 Å². The van der Waals surface area contributed by atoms with E-state index < -0.39 is 0 Å². The number of ether oxygens (including phenoxy) is 1. The van der Waals surface area contributed by atoms with Crippen molar-refractivity contribution in [3.05, 3.63) is 76.1 Å². The molecule has 0 fully saturated rings. The SMILES string of the molecule is C.CC(=O)c1ccc(OCc2ccccc2)c2[nH]c(=O)ccc12. The van der Waals surface area contributed by atoms with Gasteiger partial charge in [-0.2, -0.15) is 0 Å². The van der Waals surface area contributed by atoms with Gasteiger partial charge >= 0.3 is 0 Å². The van der Waals surface area contributed by atoms with Crippen LogP contribution in [-0.2, 0) is 6.61 Å². The maximum Gasteiger partial charge on any atom is 0.248 e. The second-order valence-corrected chi connectivity index (χ2v) is 5.05. The molecular weight excluding hydrogens is 290 g/mol. The molecule has 4 heteroatoms. The van der Waals surface area contributed by atoms with Crippen LogP contribution in [0.5, 0.6) is 5.75 Å². The molecular formula is C19H19NO3. The lowest BCUT2D eigenvalue weighted by atomic mass is 10.0. The summed E-state index contributed by atoms with van der Waals surface area (Å²) >= 11 is 0. The van der Waals surface area contributed by atoms with Gasteiger partial charge in [0.25, 0.3) is 0 Å². The number of fused-ring (bicyclic) bond motifs is 1. The van der Waals surface area contributed by atoms with Gasteiger partial charge in [0.2, 0.25) is 5.56 Å². The van der Waals surface area contributed by atoms with Gasteiger partial charge in [0.05, 0.1) is 5.52 Å². The summed E-state index contributed by atoms with van der Waals surface area (Å²) in [7, 11) is 0. The second-order valence-electron chi connectivity index (χ2n) is 5.05. The third kappa shape index (κ3) is 3.48. The van der Waals surface area contributed by atoms with Gasteiger partial charge in [-0.25, -0.2) is 0 Å². The summed E-state index contributed by atoms with van der Waals surface area (Å²) in [6.45, 7) is 1.90. The van der Waals surface area contributed by atoms with E-state index >= 15 is 0 Å². The van der Waals surface area contributed by atoms with Gasteiger partial charge in [-0.3, -0.25) is 9.59 Å². The molecule has 23 heavy (non-hydrogen) atoms. The average molecular weight is 309 g/mol. The molecule has 0 spiro atoms. The molecule has 3 rings (SSSR count). The molecule has 0 atom stereocenters. The minimum Gasteiger partial charge on any atom is -0.487 e. The number of Topliss-reactive ketones (excluding diaryl/α,β-unsaturated/α-hetero) is 1. The summed E-state index contributed by atoms with van der Waals surface area (Å²) in [6, 6.07) is 16.3. The monoisotopic (exact) mass is 309 g/mol. The van der Waals surface area contributed by atoms with Crippen LogP contribution in [0.15, 0.2) is 59.4 Å². The number of nitrogens with one attached hydrogen (secondary N) is 1. The van der Waals surface area contributed by atoms with Crippen LogP contribution < -0.4 is 10.3 Å². The van der Waals surface area contributed by atoms with Gasteiger partial charge in [-0.1, -0.05) is 37.8 Å². The van der Waals surface area contributed by atoms with Crippen LogP contribution in [0.2, 0.25) is 0 Å². The molecule has 0 saturated carbocycles. The summed E-state index contributed by atoms with van der Waals surface area (Å²) in [4.78, 5) is 26.1. The highest BCUT2D eigenvalue weighted by atomic mass is 16.5. The third-order valence-electron chi connectivity index (χ3n) is 3.47. The zero-order chi connectivity index (χ0) is 15.5. The minimum atomic E-state index is -0.224. The van der Waals surface area contributed by atoms with Crippen LogP contribution in [-0.4, -0.2) is 10.8 Å². The number of carbonyl (C=O) groups excluding carboxylic acids is 1. The molecule has 2 aromatic carbocycles. The highest BCUT2D eigenvalue weighted by Gasteiger charge is 2.11. The van der Waals surface area contributed by atoms with E-state index in [1.807, 2.05) is 30.3 Å². The summed E-state index contributed by atoms with van der Waals surface area (Å²) in [5, 5.41) is 0.692. The zero-order valence-electron chi connectivity index (χ0n) is 12.1. The highest BCUT2D eigenvalue weighted by Crippen LogP contribution is 2.27. The number of hydrogen-bond acceptors (Lipinski definition) is 3.